The zero-order valence-electron chi connectivity index (χ0n) is 23.8. The molecule has 1 aliphatic carbocycles. The van der Waals surface area contributed by atoms with Crippen LogP contribution < -0.4 is 11.1 Å². The Kier molecular flexibility index (Phi) is 11.4. The number of nitrogens with two attached hydrogens (primary N) is 1. The van der Waals surface area contributed by atoms with E-state index in [1.165, 1.54) is 23.1 Å². The highest BCUT2D eigenvalue weighted by molar-refractivity contribution is 9.10. The van der Waals surface area contributed by atoms with Crippen LogP contribution in [0.4, 0.5) is 0 Å². The van der Waals surface area contributed by atoms with Crippen LogP contribution in [0.5, 0.6) is 0 Å². The molecule has 40 heavy (non-hydrogen) atoms. The fourth-order valence-corrected chi connectivity index (χ4v) is 6.73. The number of carbonyl (C=O) groups excluding carboxylic acids is 2. The van der Waals surface area contributed by atoms with Gasteiger partial charge in [-0.3, -0.25) is 24.4 Å². The maximum atomic E-state index is 13.0. The van der Waals surface area contributed by atoms with Crippen molar-refractivity contribution in [2.24, 2.45) is 17.6 Å². The Morgan fingerprint density at radius 2 is 1.73 bits per heavy atom. The van der Waals surface area contributed by atoms with Crippen molar-refractivity contribution in [3.05, 3.63) is 62.3 Å². The molecule has 1 aromatic heterocycles. The molecule has 3 aliphatic rings. The highest BCUT2D eigenvalue weighted by Crippen LogP contribution is 2.39. The molecule has 3 N–H and O–H groups in total. The molecule has 5 rings (SSSR count). The van der Waals surface area contributed by atoms with Gasteiger partial charge in [0.15, 0.2) is 0 Å². The van der Waals surface area contributed by atoms with Crippen molar-refractivity contribution in [2.75, 3.05) is 39.3 Å². The second-order valence-electron chi connectivity index (χ2n) is 11.4. The molecule has 9 heteroatoms. The second-order valence-corrected chi connectivity index (χ2v) is 12.7. The number of likely N-dealkylation sites (tertiary alicyclic amines) is 2. The number of hydrogen-bond donors (Lipinski definition) is 2. The Bertz CT molecular complexity index is 1110. The van der Waals surface area contributed by atoms with Gasteiger partial charge in [0, 0.05) is 28.2 Å². The van der Waals surface area contributed by atoms with Crippen molar-refractivity contribution in [1.82, 2.24) is 20.1 Å². The lowest BCUT2D eigenvalue weighted by Crippen LogP contribution is -2.45. The summed E-state index contributed by atoms with van der Waals surface area (Å²) in [7, 11) is 0. The summed E-state index contributed by atoms with van der Waals surface area (Å²) in [5.41, 5.74) is 10.3. The van der Waals surface area contributed by atoms with E-state index in [0.29, 0.717) is 19.0 Å². The maximum Gasteiger partial charge on any atom is 0.231 e. The summed E-state index contributed by atoms with van der Waals surface area (Å²) in [4.78, 5) is 33.6. The predicted octanol–water partition coefficient (Wildman–Crippen LogP) is 5.13. The molecule has 0 radical (unpaired) electrons. The number of fused-ring (bicyclic) bond motifs is 2. The van der Waals surface area contributed by atoms with Crippen LogP contribution in [0.15, 0.2) is 34.9 Å². The highest BCUT2D eigenvalue weighted by atomic mass is 79.9. The van der Waals surface area contributed by atoms with E-state index >= 15 is 0 Å². The maximum absolute atomic E-state index is 13.0. The van der Waals surface area contributed by atoms with Gasteiger partial charge in [-0.15, -0.1) is 0 Å². The standard InChI is InChI=1S/C28H35BrClN5O2.C3H8/c29-22-13-21-2-1-20-14-23(30)3-4-24(20)27(26(21)32-16-22)35-11-7-19(8-12-35)28(37)33-15-18-5-9-34(10-6-18)17-25(31)36;1-3-2/h3-4,13-14,16,18-19,27H,1-2,5-12,15,17H2,(H2,31,36)(H,33,37);3H2,1-2H3. The largest absolute Gasteiger partial charge is 0.369 e. The number of nitrogens with zero attached hydrogens (tertiary/aromatic N) is 3. The van der Waals surface area contributed by atoms with E-state index in [2.05, 4.69) is 63.1 Å². The number of amides is 2. The molecule has 2 aromatic rings. The van der Waals surface area contributed by atoms with Gasteiger partial charge in [-0.1, -0.05) is 37.9 Å². The third kappa shape index (κ3) is 8.05. The molecule has 2 fully saturated rings. The number of nitrogens with one attached hydrogen (secondary N) is 1. The lowest BCUT2D eigenvalue weighted by molar-refractivity contribution is -0.126. The minimum Gasteiger partial charge on any atom is -0.369 e. The van der Waals surface area contributed by atoms with Crippen LogP contribution in [0.25, 0.3) is 0 Å². The fourth-order valence-electron chi connectivity index (χ4n) is 6.16. The minimum absolute atomic E-state index is 0.0408. The summed E-state index contributed by atoms with van der Waals surface area (Å²) < 4.78 is 1.00. The molecule has 2 amide bonds. The summed E-state index contributed by atoms with van der Waals surface area (Å²) in [5.74, 6) is 0.402. The number of piperidine rings is 2. The molecule has 0 saturated carbocycles. The molecule has 218 valence electrons. The van der Waals surface area contributed by atoms with Gasteiger partial charge in [0.1, 0.15) is 0 Å². The molecule has 2 saturated heterocycles. The molecule has 3 heterocycles. The Morgan fingerprint density at radius 1 is 1.05 bits per heavy atom. The smallest absolute Gasteiger partial charge is 0.231 e. The number of rotatable bonds is 6. The van der Waals surface area contributed by atoms with Crippen LogP contribution >= 0.6 is 27.5 Å². The molecular weight excluding hydrogens is 590 g/mol. The van der Waals surface area contributed by atoms with Gasteiger partial charge in [0.05, 0.1) is 18.3 Å². The first-order valence-electron chi connectivity index (χ1n) is 14.7. The Balaban J connectivity index is 0.00000118. The van der Waals surface area contributed by atoms with Gasteiger partial charge in [-0.05, 0) is 121 Å². The van der Waals surface area contributed by atoms with Crippen LogP contribution in [0.3, 0.4) is 0 Å². The number of pyridine rings is 1. The number of halogens is 2. The van der Waals surface area contributed by atoms with Gasteiger partial charge in [-0.25, -0.2) is 0 Å². The first-order valence-corrected chi connectivity index (χ1v) is 15.9. The predicted molar refractivity (Wildman–Crippen MR) is 164 cm³/mol. The van der Waals surface area contributed by atoms with Crippen LogP contribution in [0, 0.1) is 11.8 Å². The molecule has 0 spiro atoms. The number of carbonyl (C=O) groups is 2. The Morgan fingerprint density at radius 3 is 2.40 bits per heavy atom. The minimum atomic E-state index is -0.277. The Hall–Kier alpha value is -2.00. The monoisotopic (exact) mass is 631 g/mol. The number of aryl methyl sites for hydroxylation is 2. The number of aromatic nitrogens is 1. The average Bonchev–Trinajstić information content (AvgIpc) is 3.09. The Labute approximate surface area is 252 Å². The fraction of sp³-hybridized carbons (Fsp3) is 0.581. The second kappa shape index (κ2) is 14.8. The molecule has 0 bridgehead atoms. The van der Waals surface area contributed by atoms with E-state index in [1.54, 1.807) is 0 Å². The molecule has 1 aromatic carbocycles. The van der Waals surface area contributed by atoms with Crippen molar-refractivity contribution >= 4 is 39.3 Å². The quantitative estimate of drug-likeness (QED) is 0.461. The molecule has 7 nitrogen and oxygen atoms in total. The normalized spacial score (nSPS) is 20.4. The van der Waals surface area contributed by atoms with Gasteiger partial charge in [0.2, 0.25) is 11.8 Å². The van der Waals surface area contributed by atoms with Crippen molar-refractivity contribution < 1.29 is 9.59 Å². The summed E-state index contributed by atoms with van der Waals surface area (Å²) in [6.07, 6.45) is 8.68. The van der Waals surface area contributed by atoms with Crippen molar-refractivity contribution in [1.29, 1.82) is 0 Å². The number of primary amides is 1. The summed E-state index contributed by atoms with van der Waals surface area (Å²) in [6.45, 7) is 8.73. The molecule has 1 atom stereocenters. The SMILES string of the molecule is CCC.NC(=O)CN1CCC(CNC(=O)C2CCN(C3c4ccc(Cl)cc4CCc4cc(Br)cnc43)CC2)CC1. The first-order chi connectivity index (χ1) is 19.3. The van der Waals surface area contributed by atoms with E-state index in [1.807, 2.05) is 12.3 Å². The molecule has 1 unspecified atom stereocenters. The van der Waals surface area contributed by atoms with E-state index in [9.17, 15) is 9.59 Å². The molecule has 2 aliphatic heterocycles. The topological polar surface area (TPSA) is 91.6 Å². The van der Waals surface area contributed by atoms with Crippen LogP contribution in [-0.4, -0.2) is 65.9 Å². The zero-order valence-corrected chi connectivity index (χ0v) is 26.1. The van der Waals surface area contributed by atoms with Crippen molar-refractivity contribution in [3.8, 4) is 0 Å². The van der Waals surface area contributed by atoms with Gasteiger partial charge in [-0.2, -0.15) is 0 Å². The summed E-state index contributed by atoms with van der Waals surface area (Å²) in [6, 6.07) is 8.52. The third-order valence-corrected chi connectivity index (χ3v) is 8.88. The molecular formula is C31H43BrClN5O2. The third-order valence-electron chi connectivity index (χ3n) is 8.21. The van der Waals surface area contributed by atoms with Crippen molar-refractivity contribution in [3.63, 3.8) is 0 Å². The highest BCUT2D eigenvalue weighted by Gasteiger charge is 2.34. The van der Waals surface area contributed by atoms with Gasteiger partial charge < -0.3 is 11.1 Å². The van der Waals surface area contributed by atoms with E-state index < -0.39 is 0 Å². The van der Waals surface area contributed by atoms with Gasteiger partial charge >= 0.3 is 0 Å². The van der Waals surface area contributed by atoms with E-state index in [4.69, 9.17) is 22.3 Å². The summed E-state index contributed by atoms with van der Waals surface area (Å²) >= 11 is 9.96. The zero-order chi connectivity index (χ0) is 28.6. The van der Waals surface area contributed by atoms with E-state index in [0.717, 1.165) is 79.9 Å². The van der Waals surface area contributed by atoms with Crippen LogP contribution in [0.2, 0.25) is 5.02 Å². The summed E-state index contributed by atoms with van der Waals surface area (Å²) in [5, 5.41) is 4.00. The van der Waals surface area contributed by atoms with Crippen LogP contribution in [0.1, 0.15) is 74.4 Å². The first kappa shape index (κ1) is 30.9. The van der Waals surface area contributed by atoms with Crippen LogP contribution in [-0.2, 0) is 22.4 Å². The lowest BCUT2D eigenvalue weighted by Gasteiger charge is -2.38. The van der Waals surface area contributed by atoms with Crippen molar-refractivity contribution in [2.45, 2.75) is 64.8 Å². The lowest BCUT2D eigenvalue weighted by atomic mass is 9.90. The number of hydrogen-bond acceptors (Lipinski definition) is 5. The van der Waals surface area contributed by atoms with E-state index in [-0.39, 0.29) is 23.8 Å². The number of benzene rings is 1. The van der Waals surface area contributed by atoms with Gasteiger partial charge in [0.25, 0.3) is 0 Å². The average molecular weight is 633 g/mol.